The molecule has 0 radical (unpaired) electrons. The molecule has 3 rings (SSSR count). The number of rotatable bonds is 6. The van der Waals surface area contributed by atoms with E-state index in [4.69, 9.17) is 0 Å². The summed E-state index contributed by atoms with van der Waals surface area (Å²) < 4.78 is 1.85. The van der Waals surface area contributed by atoms with E-state index in [2.05, 4.69) is 20.7 Å². The van der Waals surface area contributed by atoms with Crippen LogP contribution in [0.3, 0.4) is 0 Å². The maximum atomic E-state index is 11.9. The number of hydrazone groups is 1. The van der Waals surface area contributed by atoms with Gasteiger partial charge in [0.1, 0.15) is 5.75 Å². The van der Waals surface area contributed by atoms with Gasteiger partial charge in [-0.25, -0.2) is 5.43 Å². The molecule has 7 nitrogen and oxygen atoms in total. The average molecular weight is 367 g/mol. The molecule has 0 aliphatic rings. The Morgan fingerprint density at radius 2 is 1.92 bits per heavy atom. The number of aromatic hydroxyl groups is 1. The third kappa shape index (κ3) is 4.48. The number of phenolic OH excluding ortho intramolecular Hbond substituents is 1. The van der Waals surface area contributed by atoms with E-state index in [0.717, 1.165) is 17.0 Å². The number of nitrogens with one attached hydrogen (secondary N) is 1. The summed E-state index contributed by atoms with van der Waals surface area (Å²) in [6, 6.07) is 16.3. The monoisotopic (exact) mass is 367 g/mol. The van der Waals surface area contributed by atoms with E-state index < -0.39 is 0 Å². The van der Waals surface area contributed by atoms with Crippen LogP contribution in [0.4, 0.5) is 0 Å². The number of amides is 1. The van der Waals surface area contributed by atoms with Crippen LogP contribution in [-0.4, -0.2) is 37.7 Å². The normalized spacial score (nSPS) is 11.0. The molecular formula is C18H17N5O2S. The molecule has 3 aromatic rings. The average Bonchev–Trinajstić information content (AvgIpc) is 3.03. The molecule has 0 bridgehead atoms. The van der Waals surface area contributed by atoms with Gasteiger partial charge in [-0.15, -0.1) is 10.2 Å². The van der Waals surface area contributed by atoms with Gasteiger partial charge < -0.3 is 9.67 Å². The number of nitrogens with zero attached hydrogens (tertiary/aromatic N) is 4. The van der Waals surface area contributed by atoms with Crippen molar-refractivity contribution in [2.45, 2.75) is 5.16 Å². The Morgan fingerprint density at radius 1 is 1.19 bits per heavy atom. The van der Waals surface area contributed by atoms with E-state index >= 15 is 0 Å². The molecule has 0 saturated carbocycles. The molecule has 1 amide bonds. The molecule has 2 aromatic carbocycles. The predicted octanol–water partition coefficient (Wildman–Crippen LogP) is 2.43. The number of thioether (sulfide) groups is 1. The van der Waals surface area contributed by atoms with Crippen molar-refractivity contribution in [2.75, 3.05) is 5.75 Å². The van der Waals surface area contributed by atoms with Gasteiger partial charge in [0.2, 0.25) is 0 Å². The van der Waals surface area contributed by atoms with Crippen molar-refractivity contribution < 1.29 is 9.90 Å². The fraction of sp³-hybridized carbons (Fsp3) is 0.111. The molecule has 132 valence electrons. The van der Waals surface area contributed by atoms with Crippen LogP contribution in [0.15, 0.2) is 64.9 Å². The summed E-state index contributed by atoms with van der Waals surface area (Å²) >= 11 is 1.29. The molecule has 1 heterocycles. The minimum Gasteiger partial charge on any atom is -0.508 e. The lowest BCUT2D eigenvalue weighted by atomic mass is 10.2. The first kappa shape index (κ1) is 17.7. The van der Waals surface area contributed by atoms with Crippen LogP contribution in [0, 0.1) is 0 Å². The van der Waals surface area contributed by atoms with Gasteiger partial charge in [0.15, 0.2) is 11.0 Å². The van der Waals surface area contributed by atoms with Crippen molar-refractivity contribution in [1.29, 1.82) is 0 Å². The topological polar surface area (TPSA) is 92.4 Å². The number of aromatic nitrogens is 3. The Morgan fingerprint density at radius 3 is 2.65 bits per heavy atom. The third-order valence-corrected chi connectivity index (χ3v) is 4.52. The Hall–Kier alpha value is -3.13. The SMILES string of the molecule is Cn1c(SCC(=O)NN=Cc2ccc(O)cc2)nnc1-c1ccccc1. The van der Waals surface area contributed by atoms with Crippen LogP contribution in [0.25, 0.3) is 11.4 Å². The maximum absolute atomic E-state index is 11.9. The summed E-state index contributed by atoms with van der Waals surface area (Å²) in [5.41, 5.74) is 4.21. The lowest BCUT2D eigenvalue weighted by Gasteiger charge is -2.03. The van der Waals surface area contributed by atoms with E-state index in [-0.39, 0.29) is 17.4 Å². The predicted molar refractivity (Wildman–Crippen MR) is 101 cm³/mol. The van der Waals surface area contributed by atoms with Gasteiger partial charge in [-0.1, -0.05) is 42.1 Å². The smallest absolute Gasteiger partial charge is 0.250 e. The van der Waals surface area contributed by atoms with E-state index in [0.29, 0.717) is 5.16 Å². The minimum absolute atomic E-state index is 0.174. The van der Waals surface area contributed by atoms with Gasteiger partial charge in [-0.05, 0) is 29.8 Å². The van der Waals surface area contributed by atoms with E-state index in [1.54, 1.807) is 24.3 Å². The second-order valence-electron chi connectivity index (χ2n) is 5.40. The molecule has 0 saturated heterocycles. The Labute approximate surface area is 154 Å². The molecule has 0 aliphatic carbocycles. The highest BCUT2D eigenvalue weighted by molar-refractivity contribution is 7.99. The van der Waals surface area contributed by atoms with E-state index in [9.17, 15) is 9.90 Å². The number of hydrogen-bond acceptors (Lipinski definition) is 6. The highest BCUT2D eigenvalue weighted by atomic mass is 32.2. The fourth-order valence-electron chi connectivity index (χ4n) is 2.18. The number of phenols is 1. The van der Waals surface area contributed by atoms with Crippen molar-refractivity contribution in [1.82, 2.24) is 20.2 Å². The first-order valence-electron chi connectivity index (χ1n) is 7.82. The molecular weight excluding hydrogens is 350 g/mol. The van der Waals surface area contributed by atoms with Gasteiger partial charge in [-0.3, -0.25) is 4.79 Å². The van der Waals surface area contributed by atoms with Gasteiger partial charge >= 0.3 is 0 Å². The lowest BCUT2D eigenvalue weighted by molar-refractivity contribution is -0.118. The molecule has 1 aromatic heterocycles. The zero-order valence-electron chi connectivity index (χ0n) is 14.0. The summed E-state index contributed by atoms with van der Waals surface area (Å²) in [5.74, 6) is 0.863. The van der Waals surface area contributed by atoms with Gasteiger partial charge in [0.25, 0.3) is 5.91 Å². The molecule has 2 N–H and O–H groups in total. The zero-order chi connectivity index (χ0) is 18.4. The zero-order valence-corrected chi connectivity index (χ0v) is 14.8. The van der Waals surface area contributed by atoms with Crippen molar-refractivity contribution in [3.63, 3.8) is 0 Å². The number of carbonyl (C=O) groups excluding carboxylic acids is 1. The van der Waals surface area contributed by atoms with Crippen LogP contribution >= 0.6 is 11.8 Å². The number of hydrogen-bond donors (Lipinski definition) is 2. The van der Waals surface area contributed by atoms with Crippen LogP contribution in [-0.2, 0) is 11.8 Å². The molecule has 0 unspecified atom stereocenters. The Bertz CT molecular complexity index is 907. The van der Waals surface area contributed by atoms with E-state index in [1.165, 1.54) is 18.0 Å². The summed E-state index contributed by atoms with van der Waals surface area (Å²) in [4.78, 5) is 11.9. The van der Waals surface area contributed by atoms with Crippen molar-refractivity contribution >= 4 is 23.9 Å². The highest BCUT2D eigenvalue weighted by Crippen LogP contribution is 2.22. The molecule has 0 atom stereocenters. The molecule has 0 fully saturated rings. The third-order valence-electron chi connectivity index (χ3n) is 3.50. The maximum Gasteiger partial charge on any atom is 0.250 e. The molecule has 0 aliphatic heterocycles. The Balaban J connectivity index is 1.53. The molecule has 26 heavy (non-hydrogen) atoms. The summed E-state index contributed by atoms with van der Waals surface area (Å²) in [5, 5.41) is 22.1. The Kier molecular flexibility index (Phi) is 5.65. The van der Waals surface area contributed by atoms with Crippen LogP contribution < -0.4 is 5.43 Å². The molecule has 8 heteroatoms. The van der Waals surface area contributed by atoms with Crippen LogP contribution in [0.5, 0.6) is 5.75 Å². The lowest BCUT2D eigenvalue weighted by Crippen LogP contribution is -2.19. The highest BCUT2D eigenvalue weighted by Gasteiger charge is 2.12. The van der Waals surface area contributed by atoms with Crippen molar-refractivity contribution in [2.24, 2.45) is 12.1 Å². The quantitative estimate of drug-likeness (QED) is 0.397. The standard InChI is InChI=1S/C18H17N5O2S/c1-23-17(14-5-3-2-4-6-14)21-22-18(23)26-12-16(25)20-19-11-13-7-9-15(24)10-8-13/h2-11,24H,12H2,1H3,(H,20,25). The van der Waals surface area contributed by atoms with E-state index in [1.807, 2.05) is 41.9 Å². The van der Waals surface area contributed by atoms with Crippen LogP contribution in [0.1, 0.15) is 5.56 Å². The number of carbonyl (C=O) groups is 1. The minimum atomic E-state index is -0.241. The molecule has 0 spiro atoms. The largest absolute Gasteiger partial charge is 0.508 e. The first-order chi connectivity index (χ1) is 12.6. The van der Waals surface area contributed by atoms with Crippen LogP contribution in [0.2, 0.25) is 0 Å². The van der Waals surface area contributed by atoms with Gasteiger partial charge in [0, 0.05) is 12.6 Å². The first-order valence-corrected chi connectivity index (χ1v) is 8.80. The van der Waals surface area contributed by atoms with Gasteiger partial charge in [0.05, 0.1) is 12.0 Å². The summed E-state index contributed by atoms with van der Waals surface area (Å²) in [6.07, 6.45) is 1.51. The number of benzene rings is 2. The summed E-state index contributed by atoms with van der Waals surface area (Å²) in [6.45, 7) is 0. The van der Waals surface area contributed by atoms with Crippen molar-refractivity contribution in [3.8, 4) is 17.1 Å². The fourth-order valence-corrected chi connectivity index (χ4v) is 2.88. The second-order valence-corrected chi connectivity index (χ2v) is 6.35. The summed E-state index contributed by atoms with van der Waals surface area (Å²) in [7, 11) is 1.87. The second kappa shape index (κ2) is 8.30. The van der Waals surface area contributed by atoms with Crippen molar-refractivity contribution in [3.05, 3.63) is 60.2 Å². The van der Waals surface area contributed by atoms with Gasteiger partial charge in [-0.2, -0.15) is 5.10 Å².